The SMILES string of the molecule is Cn1cccc(C(=O)NC2CCN(C(=O)[C@H]3CC[C@@](C(=O)N[C@@H](CCCCNC(=O)OC(C)(C)C)C(=O)OC(C)(C)C)(c4ccccc4)c4ccccc43)CC2)c1=O.S.S. The predicted molar refractivity (Wildman–Crippen MR) is 241 cm³/mol. The van der Waals surface area contributed by atoms with E-state index >= 15 is 0 Å². The van der Waals surface area contributed by atoms with E-state index in [0.717, 1.165) is 11.1 Å². The average molecular weight is 866 g/mol. The number of aromatic nitrogens is 1. The summed E-state index contributed by atoms with van der Waals surface area (Å²) in [6.45, 7) is 11.9. The van der Waals surface area contributed by atoms with E-state index in [1.165, 1.54) is 10.6 Å². The summed E-state index contributed by atoms with van der Waals surface area (Å²) in [4.78, 5) is 82.4. The summed E-state index contributed by atoms with van der Waals surface area (Å²) in [7, 11) is 1.60. The number of rotatable bonds is 12. The molecule has 0 unspecified atom stereocenters. The van der Waals surface area contributed by atoms with E-state index in [0.29, 0.717) is 63.7 Å². The number of benzene rings is 2. The van der Waals surface area contributed by atoms with Crippen LogP contribution < -0.4 is 21.5 Å². The topological polar surface area (TPSA) is 165 Å². The second-order valence-corrected chi connectivity index (χ2v) is 17.3. The van der Waals surface area contributed by atoms with Crippen molar-refractivity contribution in [2.24, 2.45) is 7.05 Å². The van der Waals surface area contributed by atoms with Gasteiger partial charge < -0.3 is 34.9 Å². The Labute approximate surface area is 367 Å². The Morgan fingerprint density at radius 2 is 1.45 bits per heavy atom. The minimum absolute atomic E-state index is 0. The Morgan fingerprint density at radius 3 is 2.10 bits per heavy atom. The number of hydrogen-bond acceptors (Lipinski definition) is 8. The summed E-state index contributed by atoms with van der Waals surface area (Å²) in [5, 5.41) is 8.81. The Hall–Kier alpha value is -4.76. The highest BCUT2D eigenvalue weighted by Gasteiger charge is 2.50. The van der Waals surface area contributed by atoms with Crippen LogP contribution in [0.25, 0.3) is 0 Å². The molecule has 3 N–H and O–H groups in total. The maximum atomic E-state index is 15.0. The van der Waals surface area contributed by atoms with E-state index in [-0.39, 0.29) is 62.4 Å². The van der Waals surface area contributed by atoms with Gasteiger partial charge in [-0.3, -0.25) is 19.2 Å². The molecular weight excluding hydrogens is 803 g/mol. The van der Waals surface area contributed by atoms with Crippen LogP contribution >= 0.6 is 27.0 Å². The first-order valence-corrected chi connectivity index (χ1v) is 20.3. The molecule has 3 aromatic rings. The number of carbonyl (C=O) groups excluding carboxylic acids is 5. The molecule has 1 aliphatic carbocycles. The summed E-state index contributed by atoms with van der Waals surface area (Å²) in [6.07, 6.45) is 4.20. The van der Waals surface area contributed by atoms with E-state index in [1.807, 2.05) is 59.5 Å². The molecule has 15 heteroatoms. The molecule has 2 aliphatic rings. The van der Waals surface area contributed by atoms with Crippen molar-refractivity contribution in [1.82, 2.24) is 25.4 Å². The van der Waals surface area contributed by atoms with E-state index < -0.39 is 46.5 Å². The third kappa shape index (κ3) is 12.4. The normalized spacial score (nSPS) is 18.3. The summed E-state index contributed by atoms with van der Waals surface area (Å²) >= 11 is 0. The van der Waals surface area contributed by atoms with Crippen molar-refractivity contribution in [3.05, 3.63) is 106 Å². The fourth-order valence-electron chi connectivity index (χ4n) is 7.87. The molecule has 1 saturated heterocycles. The van der Waals surface area contributed by atoms with Crippen molar-refractivity contribution in [2.75, 3.05) is 19.6 Å². The van der Waals surface area contributed by atoms with Crippen LogP contribution in [0.5, 0.6) is 0 Å². The van der Waals surface area contributed by atoms with Gasteiger partial charge in [-0.2, -0.15) is 27.0 Å². The molecule has 0 spiro atoms. The van der Waals surface area contributed by atoms with Crippen molar-refractivity contribution >= 4 is 56.8 Å². The molecule has 2 heterocycles. The second kappa shape index (κ2) is 21.2. The standard InChI is InChI=1S/C45H59N5O8.2H2S/c1-43(2,3)57-40(54)36(21-13-14-26-46-42(56)58-44(4,5)6)48-41(55)45(30-16-9-8-10-17-30)25-22-33(32-18-11-12-20-35(32)45)39(53)50-28-23-31(24-29-50)47-37(51)34-19-15-27-49(7)38(34)52;;/h8-12,15-20,27,31,33,36H,13-14,21-26,28-29H2,1-7H3,(H,46,56)(H,47,51)(H,48,55);2*1H2/t33-,36-,45+;;/m0../s1. The van der Waals surface area contributed by atoms with Gasteiger partial charge in [0.15, 0.2) is 0 Å². The van der Waals surface area contributed by atoms with Crippen molar-refractivity contribution in [3.8, 4) is 0 Å². The van der Waals surface area contributed by atoms with Gasteiger partial charge >= 0.3 is 12.1 Å². The van der Waals surface area contributed by atoms with E-state index in [4.69, 9.17) is 9.47 Å². The molecule has 0 saturated carbocycles. The Balaban J connectivity index is 0.00000480. The zero-order chi connectivity index (χ0) is 42.3. The van der Waals surface area contributed by atoms with Crippen molar-refractivity contribution < 1.29 is 33.4 Å². The molecule has 60 heavy (non-hydrogen) atoms. The van der Waals surface area contributed by atoms with Gasteiger partial charge in [0.25, 0.3) is 11.5 Å². The highest BCUT2D eigenvalue weighted by Crippen LogP contribution is 2.48. The van der Waals surface area contributed by atoms with Crippen molar-refractivity contribution in [2.45, 2.75) is 121 Å². The Bertz CT molecular complexity index is 2020. The number of fused-ring (bicyclic) bond motifs is 1. The number of aryl methyl sites for hydroxylation is 1. The van der Waals surface area contributed by atoms with Crippen LogP contribution in [0.4, 0.5) is 4.79 Å². The van der Waals surface area contributed by atoms with Gasteiger partial charge in [0.2, 0.25) is 11.8 Å². The number of nitrogens with zero attached hydrogens (tertiary/aromatic N) is 2. The molecule has 4 amide bonds. The molecule has 0 radical (unpaired) electrons. The average Bonchev–Trinajstić information content (AvgIpc) is 3.16. The number of hydrogen-bond donors (Lipinski definition) is 3. The predicted octanol–water partition coefficient (Wildman–Crippen LogP) is 5.72. The first kappa shape index (κ1) is 49.6. The number of unbranched alkanes of at least 4 members (excludes halogenated alkanes) is 1. The van der Waals surface area contributed by atoms with Gasteiger partial charge in [-0.25, -0.2) is 9.59 Å². The number of likely N-dealkylation sites (tertiary alicyclic amines) is 1. The van der Waals surface area contributed by atoms with Crippen LogP contribution in [0.1, 0.15) is 119 Å². The molecule has 3 atom stereocenters. The van der Waals surface area contributed by atoms with Gasteiger partial charge in [0.05, 0.1) is 11.3 Å². The number of esters is 1. The molecule has 328 valence electrons. The fourth-order valence-corrected chi connectivity index (χ4v) is 7.87. The van der Waals surface area contributed by atoms with Gasteiger partial charge in [-0.15, -0.1) is 0 Å². The number of ether oxygens (including phenoxy) is 2. The Kier molecular flexibility index (Phi) is 17.5. The number of pyridine rings is 1. The lowest BCUT2D eigenvalue weighted by atomic mass is 9.62. The highest BCUT2D eigenvalue weighted by atomic mass is 32.1. The third-order valence-corrected chi connectivity index (χ3v) is 10.7. The van der Waals surface area contributed by atoms with Crippen LogP contribution in [0.2, 0.25) is 0 Å². The van der Waals surface area contributed by atoms with Crippen molar-refractivity contribution in [3.63, 3.8) is 0 Å². The largest absolute Gasteiger partial charge is 0.458 e. The quantitative estimate of drug-likeness (QED) is 0.154. The van der Waals surface area contributed by atoms with Crippen LogP contribution in [-0.2, 0) is 36.3 Å². The number of alkyl carbamates (subject to hydrolysis) is 1. The molecule has 1 fully saturated rings. The number of piperidine rings is 1. The zero-order valence-corrected chi connectivity index (χ0v) is 37.9. The van der Waals surface area contributed by atoms with Gasteiger partial charge in [-0.1, -0.05) is 54.6 Å². The molecular formula is C45H63N5O8S2. The van der Waals surface area contributed by atoms with E-state index in [1.54, 1.807) is 60.9 Å². The highest BCUT2D eigenvalue weighted by molar-refractivity contribution is 7.59. The minimum Gasteiger partial charge on any atom is -0.458 e. The van der Waals surface area contributed by atoms with Gasteiger partial charge in [0, 0.05) is 38.9 Å². The van der Waals surface area contributed by atoms with Crippen LogP contribution in [0.15, 0.2) is 77.7 Å². The lowest BCUT2D eigenvalue weighted by Gasteiger charge is -2.43. The molecule has 2 aromatic carbocycles. The first-order valence-electron chi connectivity index (χ1n) is 20.3. The minimum atomic E-state index is -1.21. The van der Waals surface area contributed by atoms with Gasteiger partial charge in [-0.05, 0) is 115 Å². The molecule has 0 bridgehead atoms. The lowest BCUT2D eigenvalue weighted by molar-refractivity contribution is -0.159. The molecule has 5 rings (SSSR count). The molecule has 13 nitrogen and oxygen atoms in total. The summed E-state index contributed by atoms with van der Waals surface area (Å²) in [5.41, 5.74) is -0.692. The maximum absolute atomic E-state index is 15.0. The lowest BCUT2D eigenvalue weighted by Crippen LogP contribution is -2.54. The molecule has 1 aromatic heterocycles. The van der Waals surface area contributed by atoms with Crippen LogP contribution in [0.3, 0.4) is 0 Å². The second-order valence-electron chi connectivity index (χ2n) is 17.3. The Morgan fingerprint density at radius 1 is 0.817 bits per heavy atom. The first-order chi connectivity index (χ1) is 27.4. The third-order valence-electron chi connectivity index (χ3n) is 10.7. The zero-order valence-electron chi connectivity index (χ0n) is 35.9. The summed E-state index contributed by atoms with van der Waals surface area (Å²) in [6, 6.07) is 19.1. The van der Waals surface area contributed by atoms with Crippen LogP contribution in [-0.4, -0.2) is 82.2 Å². The van der Waals surface area contributed by atoms with E-state index in [9.17, 15) is 28.8 Å². The monoisotopic (exact) mass is 865 g/mol. The molecule has 1 aliphatic heterocycles. The van der Waals surface area contributed by atoms with E-state index in [2.05, 4.69) is 16.0 Å². The number of nitrogens with one attached hydrogen (secondary N) is 3. The van der Waals surface area contributed by atoms with Crippen LogP contribution in [0, 0.1) is 0 Å². The van der Waals surface area contributed by atoms with Crippen molar-refractivity contribution in [1.29, 1.82) is 0 Å². The number of carbonyl (C=O) groups is 5. The summed E-state index contributed by atoms with van der Waals surface area (Å²) < 4.78 is 12.5. The number of amides is 4. The van der Waals surface area contributed by atoms with Gasteiger partial charge in [0.1, 0.15) is 22.8 Å². The maximum Gasteiger partial charge on any atom is 0.407 e. The smallest absolute Gasteiger partial charge is 0.407 e. The summed E-state index contributed by atoms with van der Waals surface area (Å²) in [5.74, 6) is -1.87. The fraction of sp³-hybridized carbons (Fsp3) is 0.511.